The van der Waals surface area contributed by atoms with Crippen LogP contribution >= 0.6 is 34.9 Å². The van der Waals surface area contributed by atoms with Crippen LogP contribution in [0.3, 0.4) is 0 Å². The van der Waals surface area contributed by atoms with Gasteiger partial charge in [0.2, 0.25) is 0 Å². The van der Waals surface area contributed by atoms with Crippen molar-refractivity contribution in [3.63, 3.8) is 0 Å². The molecule has 1 aliphatic rings. The Kier molecular flexibility index (Phi) is 4.29. The summed E-state index contributed by atoms with van der Waals surface area (Å²) in [5, 5.41) is 0.337. The van der Waals surface area contributed by atoms with Gasteiger partial charge in [0.05, 0.1) is 0 Å². The van der Waals surface area contributed by atoms with E-state index in [4.69, 9.17) is 11.6 Å². The lowest BCUT2D eigenvalue weighted by Gasteiger charge is -2.35. The molecule has 1 atom stereocenters. The van der Waals surface area contributed by atoms with E-state index in [0.29, 0.717) is 21.9 Å². The van der Waals surface area contributed by atoms with Crippen LogP contribution in [0.4, 0.5) is 13.2 Å². The Morgan fingerprint density at radius 2 is 2.00 bits per heavy atom. The first-order valence-electron chi connectivity index (χ1n) is 5.90. The lowest BCUT2D eigenvalue weighted by atomic mass is 10.2. The molecule has 1 aromatic rings. The highest BCUT2D eigenvalue weighted by Gasteiger charge is 2.54. The molecule has 0 saturated heterocycles. The van der Waals surface area contributed by atoms with Gasteiger partial charge in [-0.2, -0.15) is 13.2 Å². The Labute approximate surface area is 124 Å². The molecule has 0 spiro atoms. The van der Waals surface area contributed by atoms with Gasteiger partial charge in [0, 0.05) is 9.92 Å². The van der Waals surface area contributed by atoms with Crippen molar-refractivity contribution in [1.29, 1.82) is 0 Å². The molecule has 106 valence electrons. The third-order valence-electron chi connectivity index (χ3n) is 3.05. The van der Waals surface area contributed by atoms with Gasteiger partial charge in [0.15, 0.2) is 0 Å². The Hall–Kier alpha value is -0.130. The molecule has 0 radical (unpaired) electrons. The van der Waals surface area contributed by atoms with Crippen LogP contribution in [0.25, 0.3) is 6.08 Å². The van der Waals surface area contributed by atoms with Gasteiger partial charge < -0.3 is 0 Å². The molecule has 0 bridgehead atoms. The van der Waals surface area contributed by atoms with Crippen molar-refractivity contribution in [2.24, 2.45) is 0 Å². The molecule has 1 heterocycles. The Morgan fingerprint density at radius 3 is 2.58 bits per heavy atom. The van der Waals surface area contributed by atoms with Crippen LogP contribution in [0.1, 0.15) is 31.7 Å². The highest BCUT2D eigenvalue weighted by atomic mass is 79.9. The van der Waals surface area contributed by atoms with Gasteiger partial charge in [0.25, 0.3) is 0 Å². The van der Waals surface area contributed by atoms with E-state index in [9.17, 15) is 13.2 Å². The van der Waals surface area contributed by atoms with Crippen LogP contribution in [0.5, 0.6) is 0 Å². The molecule has 1 unspecified atom stereocenters. The Balaban J connectivity index is 2.53. The third kappa shape index (κ3) is 2.57. The zero-order chi connectivity index (χ0) is 14.3. The zero-order valence-electron chi connectivity index (χ0n) is 10.2. The number of fused-ring (bicyclic) bond motifs is 1. The van der Waals surface area contributed by atoms with Crippen LogP contribution < -0.4 is 0 Å². The Bertz CT molecular complexity index is 527. The second-order valence-corrected chi connectivity index (χ2v) is 10.2. The monoisotopic (exact) mass is 372 g/mol. The van der Waals surface area contributed by atoms with Crippen molar-refractivity contribution < 1.29 is 13.2 Å². The van der Waals surface area contributed by atoms with Gasteiger partial charge in [-0.25, -0.2) is 0 Å². The van der Waals surface area contributed by atoms with E-state index >= 15 is 0 Å². The average Bonchev–Trinajstić information content (AvgIpc) is 2.61. The normalized spacial score (nSPS) is 25.7. The second kappa shape index (κ2) is 5.34. The fourth-order valence-corrected chi connectivity index (χ4v) is 6.23. The molecule has 0 fully saturated rings. The minimum atomic E-state index is -4.30. The molecule has 0 amide bonds. The summed E-state index contributed by atoms with van der Waals surface area (Å²) in [5.41, 5.74) is -3.68. The first-order valence-corrected chi connectivity index (χ1v) is 9.75. The number of allylic oxidation sites excluding steroid dienone is 1. The molecule has 19 heavy (non-hydrogen) atoms. The van der Waals surface area contributed by atoms with Gasteiger partial charge >= 0.3 is 5.51 Å². The number of hydrogen-bond acceptors (Lipinski definition) is 0. The van der Waals surface area contributed by atoms with Crippen molar-refractivity contribution in [1.82, 2.24) is 0 Å². The molecule has 2 rings (SSSR count). The van der Waals surface area contributed by atoms with Gasteiger partial charge in [-0.1, -0.05) is 31.0 Å². The summed E-state index contributed by atoms with van der Waals surface area (Å²) < 4.78 is 40.6. The summed E-state index contributed by atoms with van der Waals surface area (Å²) in [7, 11) is -3.13. The molecular weight excluding hydrogens is 361 g/mol. The van der Waals surface area contributed by atoms with Crippen LogP contribution in [0.15, 0.2) is 28.0 Å². The number of halogens is 5. The molecule has 0 aliphatic carbocycles. The first-order chi connectivity index (χ1) is 8.80. The maximum absolute atomic E-state index is 13.5. The number of rotatable bonds is 3. The van der Waals surface area contributed by atoms with Crippen molar-refractivity contribution in [2.45, 2.75) is 36.6 Å². The van der Waals surface area contributed by atoms with E-state index in [1.165, 1.54) is 6.07 Å². The average molecular weight is 374 g/mol. The van der Waals surface area contributed by atoms with E-state index in [1.807, 2.05) is 6.92 Å². The van der Waals surface area contributed by atoms with E-state index in [0.717, 1.165) is 12.8 Å². The van der Waals surface area contributed by atoms with E-state index in [1.54, 1.807) is 18.2 Å². The molecule has 6 heteroatoms. The molecular formula is C13H13BrClF3S. The standard InChI is InChI=1S/C13H13BrClF3S/c1-2-3-4-11-7-9-5-6-10(15)8-12(9)19(11,14)13(16,17)18/h5-8H,2-4H2,1H3. The quantitative estimate of drug-likeness (QED) is 0.542. The van der Waals surface area contributed by atoms with Gasteiger partial charge in [-0.05, 0) is 64.8 Å². The van der Waals surface area contributed by atoms with Crippen LogP contribution in [0, 0.1) is 0 Å². The van der Waals surface area contributed by atoms with Crippen LogP contribution in [-0.2, 0) is 0 Å². The third-order valence-corrected chi connectivity index (χ3v) is 9.32. The highest BCUT2D eigenvalue weighted by Crippen LogP contribution is 2.81. The minimum Gasteiger partial charge on any atom is -0.160 e. The fourth-order valence-electron chi connectivity index (χ4n) is 2.10. The maximum Gasteiger partial charge on any atom is 0.442 e. The lowest BCUT2D eigenvalue weighted by Crippen LogP contribution is -2.15. The topological polar surface area (TPSA) is 0 Å². The largest absolute Gasteiger partial charge is 0.442 e. The van der Waals surface area contributed by atoms with Gasteiger partial charge in [0.1, 0.15) is 0 Å². The molecule has 1 aromatic carbocycles. The highest BCUT2D eigenvalue weighted by molar-refractivity contribution is 9.59. The summed E-state index contributed by atoms with van der Waals surface area (Å²) >= 11 is 8.88. The number of benzene rings is 1. The van der Waals surface area contributed by atoms with Crippen molar-refractivity contribution >= 4 is 41.0 Å². The fraction of sp³-hybridized carbons (Fsp3) is 0.385. The predicted octanol–water partition coefficient (Wildman–Crippen LogP) is 6.88. The van der Waals surface area contributed by atoms with Crippen LogP contribution in [-0.4, -0.2) is 5.51 Å². The van der Waals surface area contributed by atoms with E-state index in [-0.39, 0.29) is 4.90 Å². The summed E-state index contributed by atoms with van der Waals surface area (Å²) in [6, 6.07) is 4.72. The summed E-state index contributed by atoms with van der Waals surface area (Å²) in [6.45, 7) is 1.97. The predicted molar refractivity (Wildman–Crippen MR) is 79.8 cm³/mol. The minimum absolute atomic E-state index is 0.276. The summed E-state index contributed by atoms with van der Waals surface area (Å²) in [4.78, 5) is 0.720. The summed E-state index contributed by atoms with van der Waals surface area (Å²) in [6.07, 6.45) is 3.75. The lowest BCUT2D eigenvalue weighted by molar-refractivity contribution is -0.0355. The van der Waals surface area contributed by atoms with Gasteiger partial charge in [-0.3, -0.25) is 0 Å². The SMILES string of the molecule is CCCCC1=Cc2ccc(Cl)cc2S1(Br)C(F)(F)F. The maximum atomic E-state index is 13.5. The number of unbranched alkanes of at least 4 members (excludes halogenated alkanes) is 1. The Morgan fingerprint density at radius 1 is 1.32 bits per heavy atom. The van der Waals surface area contributed by atoms with Crippen molar-refractivity contribution in [2.75, 3.05) is 0 Å². The smallest absolute Gasteiger partial charge is 0.160 e. The number of hydrogen-bond donors (Lipinski definition) is 0. The van der Waals surface area contributed by atoms with Gasteiger partial charge in [-0.15, -0.1) is 0 Å². The van der Waals surface area contributed by atoms with E-state index < -0.39 is 14.0 Å². The molecule has 0 nitrogen and oxygen atoms in total. The second-order valence-electron chi connectivity index (χ2n) is 4.38. The van der Waals surface area contributed by atoms with Crippen molar-refractivity contribution in [3.05, 3.63) is 33.7 Å². The van der Waals surface area contributed by atoms with E-state index in [2.05, 4.69) is 14.8 Å². The molecule has 1 aliphatic heterocycles. The van der Waals surface area contributed by atoms with Crippen LogP contribution in [0.2, 0.25) is 5.02 Å². The zero-order valence-corrected chi connectivity index (χ0v) is 13.4. The van der Waals surface area contributed by atoms with Crippen molar-refractivity contribution in [3.8, 4) is 0 Å². The molecule has 0 saturated carbocycles. The number of alkyl halides is 3. The molecule has 0 aromatic heterocycles. The summed E-state index contributed by atoms with van der Waals surface area (Å²) in [5.74, 6) is 0. The molecule has 0 N–H and O–H groups in total. The first kappa shape index (κ1) is 15.3.